The Balaban J connectivity index is 1.91. The highest BCUT2D eigenvalue weighted by Gasteiger charge is 2.46. The number of ether oxygens (including phenoxy) is 2. The number of aliphatic hydroxyl groups excluding tert-OH is 1. The van der Waals surface area contributed by atoms with E-state index in [-0.39, 0.29) is 23.7 Å². The number of hydrogen-bond acceptors (Lipinski definition) is 9. The molecule has 0 aromatic carbocycles. The smallest absolute Gasteiger partial charge is 0.388 e. The van der Waals surface area contributed by atoms with Crippen LogP contribution in [-0.2, 0) is 18.6 Å². The third-order valence-corrected chi connectivity index (χ3v) is 4.65. The van der Waals surface area contributed by atoms with Crippen LogP contribution in [0.15, 0.2) is 11.1 Å². The van der Waals surface area contributed by atoms with Crippen LogP contribution < -0.4 is 11.3 Å². The van der Waals surface area contributed by atoms with Crippen molar-refractivity contribution in [2.75, 3.05) is 25.6 Å². The van der Waals surface area contributed by atoms with Crippen molar-refractivity contribution in [3.63, 3.8) is 0 Å². The van der Waals surface area contributed by atoms with Gasteiger partial charge in [0.1, 0.15) is 6.10 Å². The number of nitrogen functional groups attached to an aromatic ring is 1. The molecular weight excluding hydrogens is 385 g/mol. The largest absolute Gasteiger partial charge is 0.469 e. The summed E-state index contributed by atoms with van der Waals surface area (Å²) in [6, 6.07) is 0. The van der Waals surface area contributed by atoms with Crippen molar-refractivity contribution in [1.29, 1.82) is 0 Å². The first-order chi connectivity index (χ1) is 12.7. The number of aliphatic hydroxyl groups is 1. The van der Waals surface area contributed by atoms with E-state index >= 15 is 0 Å². The summed E-state index contributed by atoms with van der Waals surface area (Å²) in [6.07, 6.45) is -1.77. The van der Waals surface area contributed by atoms with Crippen molar-refractivity contribution in [3.8, 4) is 0 Å². The average Bonchev–Trinajstić information content (AvgIpc) is 3.12. The van der Waals surface area contributed by atoms with E-state index in [4.69, 9.17) is 25.0 Å². The summed E-state index contributed by atoms with van der Waals surface area (Å²) in [4.78, 5) is 40.0. The highest BCUT2D eigenvalue weighted by molar-refractivity contribution is 7.46. The maximum atomic E-state index is 11.9. The van der Waals surface area contributed by atoms with Gasteiger partial charge in [0.2, 0.25) is 5.95 Å². The van der Waals surface area contributed by atoms with Crippen LogP contribution in [0.1, 0.15) is 13.2 Å². The topological polar surface area (TPSA) is 195 Å². The van der Waals surface area contributed by atoms with Crippen molar-refractivity contribution in [1.82, 2.24) is 19.5 Å². The van der Waals surface area contributed by atoms with Crippen molar-refractivity contribution in [3.05, 3.63) is 16.7 Å². The number of phosphoric ester groups is 1. The number of nitrogens with zero attached hydrogens (tertiary/aromatic N) is 3. The van der Waals surface area contributed by atoms with Gasteiger partial charge in [-0.1, -0.05) is 0 Å². The van der Waals surface area contributed by atoms with Gasteiger partial charge in [-0.05, 0) is 6.92 Å². The van der Waals surface area contributed by atoms with Gasteiger partial charge in [-0.15, -0.1) is 0 Å². The normalized spacial score (nSPS) is 26.1. The van der Waals surface area contributed by atoms with Gasteiger partial charge in [-0.2, -0.15) is 4.98 Å². The van der Waals surface area contributed by atoms with Crippen LogP contribution in [0.2, 0.25) is 0 Å². The summed E-state index contributed by atoms with van der Waals surface area (Å²) in [6.45, 7) is 1.76. The number of fused-ring (bicyclic) bond motifs is 1. The van der Waals surface area contributed by atoms with Crippen LogP contribution in [0, 0.1) is 5.92 Å². The van der Waals surface area contributed by atoms with E-state index in [0.29, 0.717) is 6.61 Å². The third-order valence-electron chi connectivity index (χ3n) is 4.17. The lowest BCUT2D eigenvalue weighted by atomic mass is 9.99. The predicted molar refractivity (Wildman–Crippen MR) is 90.5 cm³/mol. The van der Waals surface area contributed by atoms with Crippen LogP contribution in [0.5, 0.6) is 0 Å². The Kier molecular flexibility index (Phi) is 5.63. The minimum atomic E-state index is -4.72. The molecule has 27 heavy (non-hydrogen) atoms. The molecule has 150 valence electrons. The van der Waals surface area contributed by atoms with E-state index in [1.54, 1.807) is 6.92 Å². The third kappa shape index (κ3) is 4.19. The molecule has 0 radical (unpaired) electrons. The Morgan fingerprint density at radius 3 is 2.85 bits per heavy atom. The molecule has 0 spiro atoms. The number of rotatable bonds is 7. The fraction of sp³-hybridized carbons (Fsp3) is 0.615. The molecule has 0 saturated carbocycles. The number of aromatic nitrogens is 4. The second kappa shape index (κ2) is 7.64. The van der Waals surface area contributed by atoms with E-state index in [0.717, 1.165) is 0 Å². The molecule has 3 heterocycles. The van der Waals surface area contributed by atoms with Gasteiger partial charge in [-0.3, -0.25) is 18.9 Å². The maximum Gasteiger partial charge on any atom is 0.469 e. The Bertz CT molecular complexity index is 910. The standard InChI is InChI=1S/C13H20N5O8P/c1-2-24-3-6-7(4-25-27(21,22)23)26-12(9(6)19)18-5-15-8-10(18)16-13(14)17-11(8)20/h5-7,9,12,19H,2-4H2,1H3,(H2,21,22,23)(H3,14,16,17,20)/t6-,7-,9-,12-/m1/s1. The second-order valence-electron chi connectivity index (χ2n) is 5.94. The van der Waals surface area contributed by atoms with Gasteiger partial charge in [0, 0.05) is 12.5 Å². The van der Waals surface area contributed by atoms with Crippen LogP contribution in [0.3, 0.4) is 0 Å². The minimum absolute atomic E-state index is 0.0104. The molecular formula is C13H20N5O8P. The fourth-order valence-electron chi connectivity index (χ4n) is 2.94. The van der Waals surface area contributed by atoms with Gasteiger partial charge >= 0.3 is 7.82 Å². The van der Waals surface area contributed by atoms with Gasteiger partial charge in [0.25, 0.3) is 5.56 Å². The van der Waals surface area contributed by atoms with E-state index < -0.39 is 44.3 Å². The molecule has 1 saturated heterocycles. The van der Waals surface area contributed by atoms with Crippen molar-refractivity contribution >= 4 is 24.9 Å². The molecule has 3 rings (SSSR count). The zero-order valence-corrected chi connectivity index (χ0v) is 15.2. The van der Waals surface area contributed by atoms with E-state index in [2.05, 4.69) is 19.5 Å². The lowest BCUT2D eigenvalue weighted by molar-refractivity contribution is -0.0494. The SMILES string of the molecule is CCOC[C@H]1[C@@H](O)[C@H](n2cnc3c(=O)[nH]c(N)nc32)O[C@@H]1COP(=O)(O)O. The van der Waals surface area contributed by atoms with Gasteiger partial charge in [0.05, 0.1) is 25.6 Å². The lowest BCUT2D eigenvalue weighted by Crippen LogP contribution is -2.32. The lowest BCUT2D eigenvalue weighted by Gasteiger charge is -2.20. The van der Waals surface area contributed by atoms with Crippen molar-refractivity contribution in [2.24, 2.45) is 5.92 Å². The number of imidazole rings is 1. The quantitative estimate of drug-likeness (QED) is 0.344. The summed E-state index contributed by atoms with van der Waals surface area (Å²) >= 11 is 0. The summed E-state index contributed by atoms with van der Waals surface area (Å²) in [5.41, 5.74) is 5.13. The number of anilines is 1. The van der Waals surface area contributed by atoms with E-state index in [1.165, 1.54) is 10.9 Å². The van der Waals surface area contributed by atoms with Crippen LogP contribution in [0.4, 0.5) is 5.95 Å². The number of nitrogens with one attached hydrogen (secondary N) is 1. The molecule has 4 atom stereocenters. The highest BCUT2D eigenvalue weighted by Crippen LogP contribution is 2.40. The maximum absolute atomic E-state index is 11.9. The molecule has 0 aliphatic carbocycles. The number of H-pyrrole nitrogens is 1. The van der Waals surface area contributed by atoms with Gasteiger partial charge < -0.3 is 30.1 Å². The minimum Gasteiger partial charge on any atom is -0.388 e. The molecule has 13 nitrogen and oxygen atoms in total. The summed E-state index contributed by atoms with van der Waals surface area (Å²) in [5, 5.41) is 10.7. The predicted octanol–water partition coefficient (Wildman–Crippen LogP) is -1.28. The fourth-order valence-corrected chi connectivity index (χ4v) is 3.29. The zero-order valence-electron chi connectivity index (χ0n) is 14.3. The molecule has 14 heteroatoms. The summed E-state index contributed by atoms with van der Waals surface area (Å²) in [7, 11) is -4.72. The second-order valence-corrected chi connectivity index (χ2v) is 7.18. The first-order valence-electron chi connectivity index (χ1n) is 8.05. The molecule has 0 unspecified atom stereocenters. The highest BCUT2D eigenvalue weighted by atomic mass is 31.2. The van der Waals surface area contributed by atoms with E-state index in [1.807, 2.05) is 0 Å². The Hall–Kier alpha value is -1.86. The first-order valence-corrected chi connectivity index (χ1v) is 9.58. The average molecular weight is 405 g/mol. The van der Waals surface area contributed by atoms with Crippen LogP contribution in [-0.4, -0.2) is 66.4 Å². The Morgan fingerprint density at radius 2 is 2.19 bits per heavy atom. The van der Waals surface area contributed by atoms with Gasteiger partial charge in [0.15, 0.2) is 17.4 Å². The molecule has 1 fully saturated rings. The molecule has 0 bridgehead atoms. The molecule has 2 aromatic heterocycles. The summed E-state index contributed by atoms with van der Waals surface area (Å²) in [5.74, 6) is -0.771. The van der Waals surface area contributed by atoms with Crippen LogP contribution in [0.25, 0.3) is 11.2 Å². The molecule has 0 amide bonds. The molecule has 6 N–H and O–H groups in total. The molecule has 1 aliphatic rings. The zero-order chi connectivity index (χ0) is 19.8. The van der Waals surface area contributed by atoms with Gasteiger partial charge in [-0.25, -0.2) is 9.55 Å². The number of hydrogen-bond donors (Lipinski definition) is 5. The summed E-state index contributed by atoms with van der Waals surface area (Å²) < 4.78 is 27.9. The number of nitrogens with two attached hydrogens (primary N) is 1. The number of aromatic amines is 1. The van der Waals surface area contributed by atoms with Crippen molar-refractivity contribution in [2.45, 2.75) is 25.4 Å². The Morgan fingerprint density at radius 1 is 1.44 bits per heavy atom. The first kappa shape index (κ1) is 19.9. The molecule has 2 aromatic rings. The van der Waals surface area contributed by atoms with Crippen molar-refractivity contribution < 1.29 is 33.5 Å². The molecule has 1 aliphatic heterocycles. The van der Waals surface area contributed by atoms with E-state index in [9.17, 15) is 14.5 Å². The Labute approximate surface area is 152 Å². The monoisotopic (exact) mass is 405 g/mol. The van der Waals surface area contributed by atoms with Crippen LogP contribution >= 0.6 is 7.82 Å². The number of phosphoric acid groups is 1.